The van der Waals surface area contributed by atoms with E-state index in [2.05, 4.69) is 42.5 Å². The minimum absolute atomic E-state index is 0. The molecular formula is C17H28BrIN4O. The van der Waals surface area contributed by atoms with E-state index in [1.54, 1.807) is 0 Å². The fourth-order valence-corrected chi connectivity index (χ4v) is 2.45. The maximum Gasteiger partial charge on any atom is 0.221 e. The molecule has 1 rings (SSSR count). The molecule has 0 aliphatic carbocycles. The van der Waals surface area contributed by atoms with Crippen LogP contribution in [-0.4, -0.2) is 43.4 Å². The van der Waals surface area contributed by atoms with Crippen LogP contribution in [0, 0.1) is 0 Å². The molecule has 0 bridgehead atoms. The van der Waals surface area contributed by atoms with Crippen molar-refractivity contribution in [2.45, 2.75) is 33.2 Å². The molecule has 0 heterocycles. The number of nitrogens with one attached hydrogen (secondary N) is 2. The van der Waals surface area contributed by atoms with Crippen molar-refractivity contribution in [3.05, 3.63) is 34.3 Å². The number of amides is 1. The Bertz CT molecular complexity index is 525. The molecule has 1 aromatic rings. The van der Waals surface area contributed by atoms with Gasteiger partial charge in [-0.15, -0.1) is 24.0 Å². The van der Waals surface area contributed by atoms with E-state index in [4.69, 9.17) is 0 Å². The van der Waals surface area contributed by atoms with Crippen molar-refractivity contribution in [3.8, 4) is 0 Å². The second-order valence-electron chi connectivity index (χ2n) is 5.28. The highest BCUT2D eigenvalue weighted by Crippen LogP contribution is 2.17. The number of hydrogen-bond donors (Lipinski definition) is 2. The van der Waals surface area contributed by atoms with Crippen molar-refractivity contribution >= 4 is 51.8 Å². The molecule has 0 aliphatic heterocycles. The van der Waals surface area contributed by atoms with Gasteiger partial charge in [-0.05, 0) is 25.0 Å². The van der Waals surface area contributed by atoms with Gasteiger partial charge in [0.05, 0.1) is 6.54 Å². The Morgan fingerprint density at radius 2 is 1.96 bits per heavy atom. The van der Waals surface area contributed by atoms with Crippen LogP contribution in [0.3, 0.4) is 0 Å². The lowest BCUT2D eigenvalue weighted by molar-refractivity contribution is -0.120. The first kappa shape index (κ1) is 23.2. The number of benzene rings is 1. The average molecular weight is 511 g/mol. The Balaban J connectivity index is 0.00000529. The molecule has 5 nitrogen and oxygen atoms in total. The number of nitrogens with zero attached hydrogens (tertiary/aromatic N) is 2. The average Bonchev–Trinajstić information content (AvgIpc) is 2.54. The molecule has 1 aromatic carbocycles. The minimum Gasteiger partial charge on any atom is -0.357 e. The van der Waals surface area contributed by atoms with Gasteiger partial charge >= 0.3 is 0 Å². The Labute approximate surface area is 170 Å². The lowest BCUT2D eigenvalue weighted by Crippen LogP contribution is -2.38. The summed E-state index contributed by atoms with van der Waals surface area (Å²) in [6.07, 6.45) is 1.37. The van der Waals surface area contributed by atoms with Crippen LogP contribution in [0.25, 0.3) is 0 Å². The first-order valence-corrected chi connectivity index (χ1v) is 8.87. The standard InChI is InChI=1S/C17H27BrN4O.HI/c1-4-11-20-16(23)10-12-21-17(19-5-2)22(3)13-14-8-6-7-9-15(14)18;/h6-9H,4-5,10-13H2,1-3H3,(H,19,21)(H,20,23);1H. The topological polar surface area (TPSA) is 56.7 Å². The summed E-state index contributed by atoms with van der Waals surface area (Å²) in [5, 5.41) is 6.13. The van der Waals surface area contributed by atoms with Crippen molar-refractivity contribution in [3.63, 3.8) is 0 Å². The van der Waals surface area contributed by atoms with Crippen LogP contribution in [0.5, 0.6) is 0 Å². The Morgan fingerprint density at radius 1 is 1.25 bits per heavy atom. The highest BCUT2D eigenvalue weighted by molar-refractivity contribution is 14.0. The number of carbonyl (C=O) groups is 1. The van der Waals surface area contributed by atoms with E-state index in [0.29, 0.717) is 13.0 Å². The molecule has 0 aliphatic rings. The lowest BCUT2D eigenvalue weighted by Gasteiger charge is -2.22. The number of halogens is 2. The normalized spacial score (nSPS) is 10.8. The quantitative estimate of drug-likeness (QED) is 0.320. The molecule has 0 spiro atoms. The molecule has 0 saturated heterocycles. The SMILES string of the molecule is CCCNC(=O)CCN=C(NCC)N(C)Cc1ccccc1Br.I. The van der Waals surface area contributed by atoms with Crippen molar-refractivity contribution in [1.82, 2.24) is 15.5 Å². The van der Waals surface area contributed by atoms with E-state index in [1.165, 1.54) is 5.56 Å². The molecule has 0 unspecified atom stereocenters. The summed E-state index contributed by atoms with van der Waals surface area (Å²) in [5.74, 6) is 0.867. The second kappa shape index (κ2) is 13.5. The van der Waals surface area contributed by atoms with Crippen LogP contribution in [0.15, 0.2) is 33.7 Å². The molecular weight excluding hydrogens is 483 g/mol. The van der Waals surface area contributed by atoms with E-state index in [0.717, 1.165) is 36.5 Å². The first-order valence-electron chi connectivity index (χ1n) is 8.08. The van der Waals surface area contributed by atoms with Crippen molar-refractivity contribution in [2.24, 2.45) is 4.99 Å². The highest BCUT2D eigenvalue weighted by atomic mass is 127. The van der Waals surface area contributed by atoms with Gasteiger partial charge in [0.15, 0.2) is 5.96 Å². The minimum atomic E-state index is 0. The first-order chi connectivity index (χ1) is 11.1. The molecule has 0 aromatic heterocycles. The van der Waals surface area contributed by atoms with Gasteiger partial charge in [-0.3, -0.25) is 9.79 Å². The molecule has 0 radical (unpaired) electrons. The number of aliphatic imine (C=N–C) groups is 1. The zero-order valence-corrected chi connectivity index (χ0v) is 18.6. The third-order valence-electron chi connectivity index (χ3n) is 3.23. The van der Waals surface area contributed by atoms with Gasteiger partial charge in [0.2, 0.25) is 5.91 Å². The Morgan fingerprint density at radius 3 is 2.58 bits per heavy atom. The third-order valence-corrected chi connectivity index (χ3v) is 4.01. The third kappa shape index (κ3) is 8.86. The predicted octanol–water partition coefficient (Wildman–Crippen LogP) is 3.38. The molecule has 7 heteroatoms. The van der Waals surface area contributed by atoms with Gasteiger partial charge in [-0.1, -0.05) is 41.1 Å². The summed E-state index contributed by atoms with van der Waals surface area (Å²) >= 11 is 3.57. The molecule has 136 valence electrons. The van der Waals surface area contributed by atoms with E-state index < -0.39 is 0 Å². The monoisotopic (exact) mass is 510 g/mol. The zero-order chi connectivity index (χ0) is 17.1. The number of guanidine groups is 1. The Hall–Kier alpha value is -0.830. The van der Waals surface area contributed by atoms with Crippen molar-refractivity contribution < 1.29 is 4.79 Å². The molecule has 0 fully saturated rings. The Kier molecular flexibility index (Phi) is 13.0. The van der Waals surface area contributed by atoms with Crippen molar-refractivity contribution in [1.29, 1.82) is 0 Å². The smallest absolute Gasteiger partial charge is 0.221 e. The number of rotatable bonds is 8. The largest absolute Gasteiger partial charge is 0.357 e. The fraction of sp³-hybridized carbons (Fsp3) is 0.529. The van der Waals surface area contributed by atoms with E-state index >= 15 is 0 Å². The van der Waals surface area contributed by atoms with Crippen LogP contribution in [-0.2, 0) is 11.3 Å². The second-order valence-corrected chi connectivity index (χ2v) is 6.14. The van der Waals surface area contributed by atoms with Gasteiger partial charge in [0, 0.05) is 37.6 Å². The van der Waals surface area contributed by atoms with Crippen LogP contribution in [0.1, 0.15) is 32.3 Å². The van der Waals surface area contributed by atoms with Crippen LogP contribution in [0.2, 0.25) is 0 Å². The summed E-state index contributed by atoms with van der Waals surface area (Å²) < 4.78 is 1.08. The van der Waals surface area contributed by atoms with E-state index in [1.807, 2.05) is 39.1 Å². The summed E-state index contributed by atoms with van der Waals surface area (Å²) in [6, 6.07) is 8.14. The zero-order valence-electron chi connectivity index (χ0n) is 14.6. The molecule has 2 N–H and O–H groups in total. The molecule has 0 saturated carbocycles. The molecule has 24 heavy (non-hydrogen) atoms. The van der Waals surface area contributed by atoms with Crippen LogP contribution >= 0.6 is 39.9 Å². The maximum absolute atomic E-state index is 11.6. The van der Waals surface area contributed by atoms with E-state index in [-0.39, 0.29) is 29.9 Å². The fourth-order valence-electron chi connectivity index (χ4n) is 2.04. The summed E-state index contributed by atoms with van der Waals surface area (Å²) in [5.41, 5.74) is 1.20. The van der Waals surface area contributed by atoms with Crippen molar-refractivity contribution in [2.75, 3.05) is 26.7 Å². The van der Waals surface area contributed by atoms with Gasteiger partial charge in [0.1, 0.15) is 0 Å². The molecule has 1 amide bonds. The highest BCUT2D eigenvalue weighted by Gasteiger charge is 2.08. The van der Waals surface area contributed by atoms with Gasteiger partial charge in [-0.2, -0.15) is 0 Å². The summed E-state index contributed by atoms with van der Waals surface area (Å²) in [6.45, 7) is 6.83. The van der Waals surface area contributed by atoms with Crippen LogP contribution in [0.4, 0.5) is 0 Å². The summed E-state index contributed by atoms with van der Waals surface area (Å²) in [4.78, 5) is 18.2. The van der Waals surface area contributed by atoms with Crippen LogP contribution < -0.4 is 10.6 Å². The van der Waals surface area contributed by atoms with Gasteiger partial charge in [0.25, 0.3) is 0 Å². The lowest BCUT2D eigenvalue weighted by atomic mass is 10.2. The predicted molar refractivity (Wildman–Crippen MR) is 115 cm³/mol. The summed E-state index contributed by atoms with van der Waals surface area (Å²) in [7, 11) is 2.00. The number of hydrogen-bond acceptors (Lipinski definition) is 2. The van der Waals surface area contributed by atoms with E-state index in [9.17, 15) is 4.79 Å². The van der Waals surface area contributed by atoms with Gasteiger partial charge < -0.3 is 15.5 Å². The number of carbonyl (C=O) groups excluding carboxylic acids is 1. The maximum atomic E-state index is 11.6. The van der Waals surface area contributed by atoms with Gasteiger partial charge in [-0.25, -0.2) is 0 Å². The molecule has 0 atom stereocenters.